The first kappa shape index (κ1) is 17.7. The summed E-state index contributed by atoms with van der Waals surface area (Å²) in [6.45, 7) is 0. The van der Waals surface area contributed by atoms with E-state index in [1.807, 2.05) is 0 Å². The molecule has 3 rings (SSSR count). The molecule has 2 nitrogen and oxygen atoms in total. The van der Waals surface area contributed by atoms with Crippen molar-refractivity contribution in [2.24, 2.45) is 0 Å². The number of thiocarbonyl (C=S) groups is 1. The lowest BCUT2D eigenvalue weighted by Crippen LogP contribution is -2.27. The van der Waals surface area contributed by atoms with E-state index in [1.165, 1.54) is 23.1 Å². The van der Waals surface area contributed by atoms with Crippen LogP contribution in [0.15, 0.2) is 41.3 Å². The third kappa shape index (κ3) is 3.32. The lowest BCUT2D eigenvalue weighted by molar-refractivity contribution is -0.113. The van der Waals surface area contributed by atoms with Crippen LogP contribution in [0.2, 0.25) is 15.1 Å². The largest absolute Gasteiger partial charge is 0.270 e. The summed E-state index contributed by atoms with van der Waals surface area (Å²) in [5.41, 5.74) is 0.642. The number of thioether (sulfide) groups is 1. The van der Waals surface area contributed by atoms with Crippen LogP contribution < -0.4 is 4.90 Å². The van der Waals surface area contributed by atoms with Gasteiger partial charge in [-0.1, -0.05) is 64.8 Å². The summed E-state index contributed by atoms with van der Waals surface area (Å²) < 4.78 is 14.2. The molecule has 0 atom stereocenters. The Morgan fingerprint density at radius 1 is 1.08 bits per heavy atom. The van der Waals surface area contributed by atoms with E-state index in [1.54, 1.807) is 24.3 Å². The predicted octanol–water partition coefficient (Wildman–Crippen LogP) is 6.19. The highest BCUT2D eigenvalue weighted by Crippen LogP contribution is 2.38. The third-order valence-corrected chi connectivity index (χ3v) is 5.60. The van der Waals surface area contributed by atoms with E-state index >= 15 is 0 Å². The summed E-state index contributed by atoms with van der Waals surface area (Å²) in [6, 6.07) is 9.09. The number of carbonyl (C=O) groups is 1. The second-order valence-corrected chi connectivity index (χ2v) is 7.65. The van der Waals surface area contributed by atoms with E-state index in [0.29, 0.717) is 20.1 Å². The van der Waals surface area contributed by atoms with Crippen LogP contribution in [-0.2, 0) is 4.79 Å². The molecule has 1 aliphatic rings. The number of nitrogens with zero attached hydrogens (tertiary/aromatic N) is 1. The first-order valence-electron chi connectivity index (χ1n) is 6.55. The number of anilines is 1. The van der Waals surface area contributed by atoms with Crippen LogP contribution in [-0.4, -0.2) is 10.2 Å². The molecule has 1 amide bonds. The topological polar surface area (TPSA) is 20.3 Å². The van der Waals surface area contributed by atoms with Gasteiger partial charge in [0.2, 0.25) is 0 Å². The molecule has 0 aromatic heterocycles. The molecular weight excluding hydrogens is 412 g/mol. The van der Waals surface area contributed by atoms with Crippen molar-refractivity contribution in [1.29, 1.82) is 0 Å². The monoisotopic (exact) mass is 417 g/mol. The summed E-state index contributed by atoms with van der Waals surface area (Å²) in [5, 5.41) is 0.902. The second kappa shape index (κ2) is 7.02. The quantitative estimate of drug-likeness (QED) is 0.428. The maximum atomic E-state index is 13.9. The molecule has 2 aromatic rings. The normalized spacial score (nSPS) is 16.3. The van der Waals surface area contributed by atoms with Gasteiger partial charge in [0.1, 0.15) is 5.82 Å². The lowest BCUT2D eigenvalue weighted by Gasteiger charge is -2.15. The van der Waals surface area contributed by atoms with Crippen LogP contribution in [0.5, 0.6) is 0 Å². The number of halogens is 4. The van der Waals surface area contributed by atoms with E-state index in [9.17, 15) is 9.18 Å². The van der Waals surface area contributed by atoms with Gasteiger partial charge in [0, 0.05) is 5.56 Å². The standard InChI is InChI=1S/C16H7Cl3FNOS2/c17-10-2-1-3-13(20)9(10)7-14-15(22)21(16(23)24-14)8-4-5-11(18)12(19)6-8/h1-7H/b14-7+. The molecule has 0 bridgehead atoms. The first-order valence-corrected chi connectivity index (χ1v) is 8.91. The Morgan fingerprint density at radius 2 is 1.83 bits per heavy atom. The van der Waals surface area contributed by atoms with Gasteiger partial charge in [-0.05, 0) is 36.4 Å². The van der Waals surface area contributed by atoms with Crippen molar-refractivity contribution in [2.75, 3.05) is 4.90 Å². The van der Waals surface area contributed by atoms with Gasteiger partial charge in [-0.2, -0.15) is 0 Å². The van der Waals surface area contributed by atoms with E-state index in [0.717, 1.165) is 11.8 Å². The van der Waals surface area contributed by atoms with Gasteiger partial charge in [-0.25, -0.2) is 4.39 Å². The summed E-state index contributed by atoms with van der Waals surface area (Å²) in [6.07, 6.45) is 1.40. The molecule has 122 valence electrons. The summed E-state index contributed by atoms with van der Waals surface area (Å²) in [7, 11) is 0. The minimum Gasteiger partial charge on any atom is -0.268 e. The van der Waals surface area contributed by atoms with Crippen molar-refractivity contribution in [2.45, 2.75) is 0 Å². The van der Waals surface area contributed by atoms with Gasteiger partial charge >= 0.3 is 0 Å². The van der Waals surface area contributed by atoms with Gasteiger partial charge in [0.15, 0.2) is 4.32 Å². The van der Waals surface area contributed by atoms with Gasteiger partial charge in [0.05, 0.1) is 25.7 Å². The maximum Gasteiger partial charge on any atom is 0.270 e. The number of hydrogen-bond acceptors (Lipinski definition) is 3. The molecule has 1 fully saturated rings. The number of benzene rings is 2. The molecule has 0 unspecified atom stereocenters. The van der Waals surface area contributed by atoms with E-state index in [2.05, 4.69) is 0 Å². The number of carbonyl (C=O) groups excluding carboxylic acids is 1. The summed E-state index contributed by atoms with van der Waals surface area (Å²) in [5.74, 6) is -0.884. The van der Waals surface area contributed by atoms with Crippen molar-refractivity contribution in [3.05, 3.63) is 67.8 Å². The van der Waals surface area contributed by atoms with Gasteiger partial charge in [-0.3, -0.25) is 9.69 Å². The van der Waals surface area contributed by atoms with Crippen molar-refractivity contribution < 1.29 is 9.18 Å². The predicted molar refractivity (Wildman–Crippen MR) is 104 cm³/mol. The highest BCUT2D eigenvalue weighted by Gasteiger charge is 2.33. The molecule has 0 saturated carbocycles. The minimum atomic E-state index is -0.512. The Labute approximate surface area is 162 Å². The highest BCUT2D eigenvalue weighted by molar-refractivity contribution is 8.27. The Kier molecular flexibility index (Phi) is 5.18. The molecule has 0 N–H and O–H groups in total. The lowest BCUT2D eigenvalue weighted by atomic mass is 10.2. The van der Waals surface area contributed by atoms with Crippen molar-refractivity contribution in [3.8, 4) is 0 Å². The van der Waals surface area contributed by atoms with E-state index < -0.39 is 5.82 Å². The Hall–Kier alpha value is -1.11. The molecule has 0 radical (unpaired) electrons. The highest BCUT2D eigenvalue weighted by atomic mass is 35.5. The molecule has 1 saturated heterocycles. The van der Waals surface area contributed by atoms with Crippen LogP contribution >= 0.6 is 58.8 Å². The van der Waals surface area contributed by atoms with Crippen molar-refractivity contribution in [3.63, 3.8) is 0 Å². The van der Waals surface area contributed by atoms with Gasteiger partial charge < -0.3 is 0 Å². The molecule has 0 aliphatic carbocycles. The average molecular weight is 419 g/mol. The van der Waals surface area contributed by atoms with Crippen molar-refractivity contribution >= 4 is 80.8 Å². The zero-order valence-corrected chi connectivity index (χ0v) is 15.6. The van der Waals surface area contributed by atoms with Crippen molar-refractivity contribution in [1.82, 2.24) is 0 Å². The van der Waals surface area contributed by atoms with Crippen LogP contribution in [0, 0.1) is 5.82 Å². The minimum absolute atomic E-state index is 0.147. The zero-order chi connectivity index (χ0) is 17.4. The summed E-state index contributed by atoms with van der Waals surface area (Å²) >= 11 is 24.2. The zero-order valence-electron chi connectivity index (χ0n) is 11.7. The fourth-order valence-electron chi connectivity index (χ4n) is 2.09. The Bertz CT molecular complexity index is 881. The fraction of sp³-hybridized carbons (Fsp3) is 0. The van der Waals surface area contributed by atoms with Crippen LogP contribution in [0.3, 0.4) is 0 Å². The number of rotatable bonds is 2. The molecule has 1 aliphatic heterocycles. The third-order valence-electron chi connectivity index (χ3n) is 3.23. The SMILES string of the molecule is O=C1/C(=C\c2c(F)cccc2Cl)SC(=S)N1c1ccc(Cl)c(Cl)c1. The van der Waals surface area contributed by atoms with Gasteiger partial charge in [0.25, 0.3) is 5.91 Å². The Balaban J connectivity index is 2.00. The molecule has 0 spiro atoms. The number of amides is 1. The van der Waals surface area contributed by atoms with Crippen LogP contribution in [0.4, 0.5) is 10.1 Å². The smallest absolute Gasteiger partial charge is 0.268 e. The molecular formula is C16H7Cl3FNOS2. The van der Waals surface area contributed by atoms with Gasteiger partial charge in [-0.15, -0.1) is 0 Å². The molecule has 2 aromatic carbocycles. The molecule has 24 heavy (non-hydrogen) atoms. The van der Waals surface area contributed by atoms with E-state index in [-0.39, 0.29) is 21.4 Å². The van der Waals surface area contributed by atoms with Crippen LogP contribution in [0.25, 0.3) is 6.08 Å². The molecule has 1 heterocycles. The van der Waals surface area contributed by atoms with Crippen LogP contribution in [0.1, 0.15) is 5.56 Å². The summed E-state index contributed by atoms with van der Waals surface area (Å²) in [4.78, 5) is 14.2. The maximum absolute atomic E-state index is 13.9. The number of hydrogen-bond donors (Lipinski definition) is 0. The van der Waals surface area contributed by atoms with E-state index in [4.69, 9.17) is 47.0 Å². The fourth-order valence-corrected chi connectivity index (χ4v) is 3.88. The molecule has 8 heteroatoms. The second-order valence-electron chi connectivity index (χ2n) is 4.75. The Morgan fingerprint density at radius 3 is 2.50 bits per heavy atom. The first-order chi connectivity index (χ1) is 11.4. The average Bonchev–Trinajstić information content (AvgIpc) is 2.80.